The van der Waals surface area contributed by atoms with E-state index in [0.717, 1.165) is 56.7 Å². The lowest BCUT2D eigenvalue weighted by Crippen LogP contribution is -2.62. The highest BCUT2D eigenvalue weighted by atomic mass is 28.5. The third-order valence-electron chi connectivity index (χ3n) is 11.1. The molecule has 0 rings (SSSR count). The maximum Gasteiger partial charge on any atom is 0.500 e. The first-order valence-corrected chi connectivity index (χ1v) is 39.8. The van der Waals surface area contributed by atoms with Gasteiger partial charge in [-0.1, -0.05) is 44.9 Å². The molecule has 0 fully saturated rings. The van der Waals surface area contributed by atoms with Crippen LogP contribution in [-0.4, -0.2) is 151 Å². The zero-order valence-electron chi connectivity index (χ0n) is 41.9. The molecule has 0 aliphatic rings. The van der Waals surface area contributed by atoms with Crippen LogP contribution in [0.2, 0.25) is 81.6 Å². The summed E-state index contributed by atoms with van der Waals surface area (Å²) in [5, 5.41) is 0. The van der Waals surface area contributed by atoms with Crippen LogP contribution in [0, 0.1) is 0 Å². The fourth-order valence-electron chi connectivity index (χ4n) is 7.54. The predicted molar refractivity (Wildman–Crippen MR) is 259 cm³/mol. The molecule has 0 aliphatic heterocycles. The average molecular weight is 1000 g/mol. The molecular formula is C39H94O15Si7. The third-order valence-corrected chi connectivity index (χ3v) is 35.5. The maximum atomic E-state index is 7.53. The zero-order valence-corrected chi connectivity index (χ0v) is 48.9. The summed E-state index contributed by atoms with van der Waals surface area (Å²) >= 11 is 0. The highest BCUT2D eigenvalue weighted by Gasteiger charge is 2.53. The van der Waals surface area contributed by atoms with Gasteiger partial charge >= 0.3 is 35.2 Å². The van der Waals surface area contributed by atoms with Crippen molar-refractivity contribution in [1.82, 2.24) is 0 Å². The molecule has 0 bridgehead atoms. The van der Waals surface area contributed by atoms with Gasteiger partial charge in [-0.3, -0.25) is 0 Å². The minimum absolute atomic E-state index is 0.520. The Kier molecular flexibility index (Phi) is 33.9. The van der Waals surface area contributed by atoms with Crippen molar-refractivity contribution in [3.63, 3.8) is 0 Å². The molecule has 0 N–H and O–H groups in total. The Morgan fingerprint density at radius 1 is 0.279 bits per heavy atom. The largest absolute Gasteiger partial charge is 0.500 e. The number of ether oxygens (including phenoxy) is 1. The summed E-state index contributed by atoms with van der Waals surface area (Å²) in [4.78, 5) is 10.1. The van der Waals surface area contributed by atoms with Crippen LogP contribution >= 0.6 is 0 Å². The van der Waals surface area contributed by atoms with Crippen LogP contribution in [0.3, 0.4) is 0 Å². The Balaban J connectivity index is 6.20. The van der Waals surface area contributed by atoms with E-state index >= 15 is 0 Å². The van der Waals surface area contributed by atoms with Gasteiger partial charge in [0.25, 0.3) is 0 Å². The molecule has 0 spiro atoms. The molecule has 22 heteroatoms. The lowest BCUT2D eigenvalue weighted by molar-refractivity contribution is -0.291. The predicted octanol–water partition coefficient (Wildman–Crippen LogP) is 9.89. The van der Waals surface area contributed by atoms with Gasteiger partial charge < -0.3 is 56.9 Å². The number of hydrogen-bond donors (Lipinski definition) is 0. The summed E-state index contributed by atoms with van der Waals surface area (Å²) in [6.07, 6.45) is 13.3. The second-order valence-electron chi connectivity index (χ2n) is 17.5. The molecule has 0 aliphatic carbocycles. The molecule has 0 amide bonds. The van der Waals surface area contributed by atoms with Crippen molar-refractivity contribution < 1.29 is 66.7 Å². The van der Waals surface area contributed by atoms with Crippen molar-refractivity contribution in [1.29, 1.82) is 0 Å². The summed E-state index contributed by atoms with van der Waals surface area (Å²) < 4.78 is 80.9. The first kappa shape index (κ1) is 61.9. The Hall–Kier alpha value is 0.918. The van der Waals surface area contributed by atoms with E-state index in [1.807, 2.05) is 6.92 Å². The molecule has 0 atom stereocenters. The molecule has 0 aromatic carbocycles. The topological polar surface area (TPSA) is 138 Å². The Bertz CT molecular complexity index is 934. The van der Waals surface area contributed by atoms with Gasteiger partial charge in [0, 0.05) is 94.8 Å². The van der Waals surface area contributed by atoms with Crippen molar-refractivity contribution >= 4 is 60.2 Å². The standard InChI is InChI=1S/C39H94O15Si7/c1-17-50-51-31-26-24-22-20-18-19-21-23-25-30-49-32-39-61(52-55(11,12)33-27-36-58(40-2,41-3)42-4,53-56(13,14)34-28-37-59(43-5,44-6)45-7)54-57(15,16)35-29-38-60(46-8,47-9)48-10/h17-39H2,1-16H3. The van der Waals surface area contributed by atoms with Crippen molar-refractivity contribution in [3.05, 3.63) is 0 Å². The smallest absolute Gasteiger partial charge is 0.417 e. The lowest BCUT2D eigenvalue weighted by Gasteiger charge is -2.45. The summed E-state index contributed by atoms with van der Waals surface area (Å²) in [6, 6.07) is 5.33. The number of rotatable bonds is 44. The SMILES string of the molecule is CCOOCCCCCCCCCCCOCC[Si](O[Si](C)(C)CCC[Si](OC)(OC)OC)(O[Si](C)(C)CCC[Si](OC)(OC)OC)O[Si](C)(C)CCC[Si](OC)(OC)OC. The van der Waals surface area contributed by atoms with E-state index in [-0.39, 0.29) is 0 Å². The number of hydrogen-bond acceptors (Lipinski definition) is 15. The van der Waals surface area contributed by atoms with E-state index in [1.165, 1.54) is 38.5 Å². The van der Waals surface area contributed by atoms with Gasteiger partial charge in [-0.25, -0.2) is 9.78 Å². The minimum Gasteiger partial charge on any atom is -0.417 e. The first-order valence-electron chi connectivity index (χ1n) is 22.7. The normalized spacial score (nSPS) is 13.8. The van der Waals surface area contributed by atoms with Gasteiger partial charge in [0.05, 0.1) is 19.8 Å². The van der Waals surface area contributed by atoms with Crippen LogP contribution in [-0.2, 0) is 66.7 Å². The molecule has 0 heterocycles. The highest BCUT2D eigenvalue weighted by Crippen LogP contribution is 2.35. The Morgan fingerprint density at radius 3 is 0.869 bits per heavy atom. The molecule has 61 heavy (non-hydrogen) atoms. The molecular weight excluding hydrogens is 905 g/mol. The average Bonchev–Trinajstić information content (AvgIpc) is 3.22. The summed E-state index contributed by atoms with van der Waals surface area (Å²) in [5.74, 6) is 0. The molecule has 15 nitrogen and oxygen atoms in total. The van der Waals surface area contributed by atoms with Crippen LogP contribution < -0.4 is 0 Å². The van der Waals surface area contributed by atoms with E-state index in [9.17, 15) is 0 Å². The van der Waals surface area contributed by atoms with Gasteiger partial charge in [0.1, 0.15) is 0 Å². The van der Waals surface area contributed by atoms with E-state index in [1.54, 1.807) is 64.0 Å². The highest BCUT2D eigenvalue weighted by molar-refractivity contribution is 6.90. The van der Waals surface area contributed by atoms with E-state index in [0.29, 0.717) is 50.6 Å². The lowest BCUT2D eigenvalue weighted by atomic mass is 10.1. The molecule has 0 saturated heterocycles. The van der Waals surface area contributed by atoms with Gasteiger partial charge in [0.15, 0.2) is 25.0 Å². The third kappa shape index (κ3) is 26.7. The fraction of sp³-hybridized carbons (Fsp3) is 1.00. The van der Waals surface area contributed by atoms with Crippen molar-refractivity contribution in [2.24, 2.45) is 0 Å². The second-order valence-corrected chi connectivity index (χ2v) is 43.1. The van der Waals surface area contributed by atoms with Crippen LogP contribution in [0.25, 0.3) is 0 Å². The maximum absolute atomic E-state index is 7.53. The fourth-order valence-corrected chi connectivity index (χ4v) is 31.4. The van der Waals surface area contributed by atoms with Crippen LogP contribution in [0.15, 0.2) is 0 Å². The van der Waals surface area contributed by atoms with Crippen LogP contribution in [0.1, 0.15) is 84.0 Å². The molecule has 0 saturated carbocycles. The van der Waals surface area contributed by atoms with Gasteiger partial charge in [-0.05, 0) is 96.4 Å². The monoisotopic (exact) mass is 998 g/mol. The molecule has 0 radical (unpaired) electrons. The zero-order chi connectivity index (χ0) is 46.4. The summed E-state index contributed by atoms with van der Waals surface area (Å²) in [6.45, 7) is 18.1. The van der Waals surface area contributed by atoms with Crippen molar-refractivity contribution in [2.45, 2.75) is 166 Å². The van der Waals surface area contributed by atoms with E-state index < -0.39 is 60.2 Å². The first-order chi connectivity index (χ1) is 28.8. The Labute approximate surface area is 381 Å². The minimum atomic E-state index is -3.37. The molecule has 0 aromatic heterocycles. The molecule has 368 valence electrons. The molecule has 0 unspecified atom stereocenters. The van der Waals surface area contributed by atoms with Gasteiger partial charge in [-0.2, -0.15) is 0 Å². The molecule has 0 aromatic rings. The van der Waals surface area contributed by atoms with Crippen molar-refractivity contribution in [3.8, 4) is 0 Å². The summed E-state index contributed by atoms with van der Waals surface area (Å²) in [7, 11) is -3.82. The number of unbranched alkanes of at least 4 members (excludes halogenated alkanes) is 8. The van der Waals surface area contributed by atoms with Crippen LogP contribution in [0.4, 0.5) is 0 Å². The van der Waals surface area contributed by atoms with E-state index in [4.69, 9.17) is 66.7 Å². The van der Waals surface area contributed by atoms with Gasteiger partial charge in [0.2, 0.25) is 0 Å². The quantitative estimate of drug-likeness (QED) is 0.0248. The summed E-state index contributed by atoms with van der Waals surface area (Å²) in [5.41, 5.74) is 0. The van der Waals surface area contributed by atoms with Crippen LogP contribution in [0.5, 0.6) is 0 Å². The van der Waals surface area contributed by atoms with E-state index in [2.05, 4.69) is 39.3 Å². The van der Waals surface area contributed by atoms with Gasteiger partial charge in [-0.15, -0.1) is 0 Å². The Morgan fingerprint density at radius 2 is 0.574 bits per heavy atom. The van der Waals surface area contributed by atoms with Crippen molar-refractivity contribution in [2.75, 3.05) is 90.4 Å². The second kappa shape index (κ2) is 33.4.